The van der Waals surface area contributed by atoms with E-state index < -0.39 is 16.6 Å². The smallest absolute Gasteiger partial charge is 0.271 e. The van der Waals surface area contributed by atoms with E-state index in [-0.39, 0.29) is 23.4 Å². The van der Waals surface area contributed by atoms with Gasteiger partial charge < -0.3 is 10.1 Å². The Morgan fingerprint density at radius 3 is 2.46 bits per heavy atom. The average molecular weight is 360 g/mol. The van der Waals surface area contributed by atoms with Gasteiger partial charge in [0.25, 0.3) is 11.6 Å². The third kappa shape index (κ3) is 4.78. The van der Waals surface area contributed by atoms with E-state index in [0.717, 1.165) is 30.2 Å². The Labute approximate surface area is 151 Å². The number of nitro groups is 1. The second-order valence-electron chi connectivity index (χ2n) is 6.52. The molecule has 0 aromatic heterocycles. The molecule has 26 heavy (non-hydrogen) atoms. The van der Waals surface area contributed by atoms with Crippen LogP contribution in [0.15, 0.2) is 42.5 Å². The summed E-state index contributed by atoms with van der Waals surface area (Å²) in [5.74, 6) is -0.854. The number of hydrogen-bond acceptors (Lipinski definition) is 4. The van der Waals surface area contributed by atoms with Crippen LogP contribution >= 0.6 is 0 Å². The van der Waals surface area contributed by atoms with Crippen molar-refractivity contribution in [3.05, 3.63) is 64.0 Å². The van der Waals surface area contributed by atoms with Gasteiger partial charge in [-0.05, 0) is 35.6 Å². The summed E-state index contributed by atoms with van der Waals surface area (Å²) < 4.78 is 19.1. The fourth-order valence-corrected chi connectivity index (χ4v) is 2.26. The molecule has 2 rings (SSSR count). The number of rotatable bonds is 7. The maximum absolute atomic E-state index is 13.7. The highest BCUT2D eigenvalue weighted by Crippen LogP contribution is 2.28. The van der Waals surface area contributed by atoms with Crippen molar-refractivity contribution in [3.8, 4) is 5.75 Å². The number of ether oxygens (including phenoxy) is 1. The van der Waals surface area contributed by atoms with Crippen molar-refractivity contribution in [1.82, 2.24) is 0 Å². The maximum Gasteiger partial charge on any atom is 0.271 e. The molecule has 0 spiro atoms. The molecule has 138 valence electrons. The van der Waals surface area contributed by atoms with Gasteiger partial charge in [0, 0.05) is 12.1 Å². The molecule has 7 heteroatoms. The van der Waals surface area contributed by atoms with Gasteiger partial charge >= 0.3 is 0 Å². The molecule has 0 aliphatic heterocycles. The number of carbonyl (C=O) groups is 1. The quantitative estimate of drug-likeness (QED) is 0.585. The maximum atomic E-state index is 13.7. The van der Waals surface area contributed by atoms with Crippen LogP contribution in [0.5, 0.6) is 5.75 Å². The Balaban J connectivity index is 1.97. The van der Waals surface area contributed by atoms with Crippen LogP contribution in [0.1, 0.15) is 32.8 Å². The number of nitro benzene ring substituents is 1. The molecular weight excluding hydrogens is 339 g/mol. The van der Waals surface area contributed by atoms with E-state index in [0.29, 0.717) is 5.75 Å². The molecule has 2 aromatic rings. The van der Waals surface area contributed by atoms with Crippen molar-refractivity contribution >= 4 is 17.3 Å². The lowest BCUT2D eigenvalue weighted by atomic mass is 9.82. The summed E-state index contributed by atoms with van der Waals surface area (Å²) >= 11 is 0. The lowest BCUT2D eigenvalue weighted by Gasteiger charge is -2.23. The van der Waals surface area contributed by atoms with E-state index >= 15 is 0 Å². The van der Waals surface area contributed by atoms with Crippen molar-refractivity contribution in [3.63, 3.8) is 0 Å². The molecule has 0 saturated heterocycles. The summed E-state index contributed by atoms with van der Waals surface area (Å²) in [6, 6.07) is 10.4. The first-order valence-electron chi connectivity index (χ1n) is 8.20. The average Bonchev–Trinajstić information content (AvgIpc) is 2.62. The summed E-state index contributed by atoms with van der Waals surface area (Å²) in [5, 5.41) is 13.0. The monoisotopic (exact) mass is 360 g/mol. The van der Waals surface area contributed by atoms with Crippen LogP contribution in [0.25, 0.3) is 0 Å². The van der Waals surface area contributed by atoms with Gasteiger partial charge in [0.15, 0.2) is 6.61 Å². The molecule has 0 aliphatic carbocycles. The lowest BCUT2D eigenvalue weighted by molar-refractivity contribution is -0.384. The molecule has 0 heterocycles. The Morgan fingerprint density at radius 1 is 1.23 bits per heavy atom. The minimum Gasteiger partial charge on any atom is -0.484 e. The summed E-state index contributed by atoms with van der Waals surface area (Å²) in [6.45, 7) is 6.06. The summed E-state index contributed by atoms with van der Waals surface area (Å²) in [5.41, 5.74) is 0.648. The number of carbonyl (C=O) groups excluding carboxylic acids is 1. The summed E-state index contributed by atoms with van der Waals surface area (Å²) in [4.78, 5) is 22.0. The lowest BCUT2D eigenvalue weighted by Crippen LogP contribution is -2.21. The van der Waals surface area contributed by atoms with Gasteiger partial charge in [-0.1, -0.05) is 32.9 Å². The number of benzene rings is 2. The minimum absolute atomic E-state index is 0.0510. The second-order valence-corrected chi connectivity index (χ2v) is 6.52. The molecule has 0 unspecified atom stereocenters. The third-order valence-corrected chi connectivity index (χ3v) is 4.32. The Bertz CT molecular complexity index is 804. The zero-order valence-electron chi connectivity index (χ0n) is 14.9. The first-order chi connectivity index (χ1) is 12.2. The van der Waals surface area contributed by atoms with E-state index in [9.17, 15) is 19.3 Å². The molecule has 6 nitrogen and oxygen atoms in total. The fourth-order valence-electron chi connectivity index (χ4n) is 2.26. The van der Waals surface area contributed by atoms with E-state index in [2.05, 4.69) is 26.1 Å². The van der Waals surface area contributed by atoms with Crippen LogP contribution in [-0.2, 0) is 10.2 Å². The van der Waals surface area contributed by atoms with Crippen LogP contribution < -0.4 is 10.1 Å². The van der Waals surface area contributed by atoms with Crippen molar-refractivity contribution in [2.45, 2.75) is 32.6 Å². The Morgan fingerprint density at radius 2 is 1.88 bits per heavy atom. The second kappa shape index (κ2) is 7.95. The molecule has 0 aliphatic rings. The highest BCUT2D eigenvalue weighted by atomic mass is 19.1. The van der Waals surface area contributed by atoms with E-state index in [4.69, 9.17) is 4.74 Å². The van der Waals surface area contributed by atoms with E-state index in [1.165, 1.54) is 0 Å². The molecule has 0 bridgehead atoms. The number of nitrogens with one attached hydrogen (secondary N) is 1. The molecule has 0 fully saturated rings. The van der Waals surface area contributed by atoms with Gasteiger partial charge in [0.2, 0.25) is 0 Å². The minimum atomic E-state index is -0.755. The Hall–Kier alpha value is -2.96. The van der Waals surface area contributed by atoms with Crippen molar-refractivity contribution < 1.29 is 18.8 Å². The van der Waals surface area contributed by atoms with Crippen molar-refractivity contribution in [1.29, 1.82) is 0 Å². The molecule has 0 saturated carbocycles. The number of nitrogens with zero attached hydrogens (tertiary/aromatic N) is 1. The van der Waals surface area contributed by atoms with Crippen LogP contribution in [-0.4, -0.2) is 17.4 Å². The van der Waals surface area contributed by atoms with Crippen molar-refractivity contribution in [2.75, 3.05) is 11.9 Å². The molecule has 1 N–H and O–H groups in total. The van der Waals surface area contributed by atoms with Gasteiger partial charge in [0.1, 0.15) is 11.6 Å². The predicted molar refractivity (Wildman–Crippen MR) is 96.9 cm³/mol. The van der Waals surface area contributed by atoms with Gasteiger partial charge in [0.05, 0.1) is 10.6 Å². The SMILES string of the molecule is CCC(C)(C)c1ccc(OCC(=O)Nc2cc([N+](=O)[O-])ccc2F)cc1. The Kier molecular flexibility index (Phi) is 5.92. The first kappa shape index (κ1) is 19.4. The number of anilines is 1. The zero-order chi connectivity index (χ0) is 19.3. The van der Waals surface area contributed by atoms with Gasteiger partial charge in [-0.3, -0.25) is 14.9 Å². The molecule has 1 amide bonds. The molecule has 2 aromatic carbocycles. The largest absolute Gasteiger partial charge is 0.484 e. The molecule has 0 atom stereocenters. The first-order valence-corrected chi connectivity index (χ1v) is 8.20. The highest BCUT2D eigenvalue weighted by molar-refractivity contribution is 5.92. The van der Waals surface area contributed by atoms with Crippen LogP contribution in [0.3, 0.4) is 0 Å². The van der Waals surface area contributed by atoms with Crippen molar-refractivity contribution in [2.24, 2.45) is 0 Å². The van der Waals surface area contributed by atoms with Crippen LogP contribution in [0.4, 0.5) is 15.8 Å². The van der Waals surface area contributed by atoms with E-state index in [1.807, 2.05) is 12.1 Å². The predicted octanol–water partition coefficient (Wildman–Crippen LogP) is 4.44. The van der Waals surface area contributed by atoms with Crippen LogP contribution in [0, 0.1) is 15.9 Å². The standard InChI is InChI=1S/C19H21FN2O4/c1-4-19(2,3)13-5-8-15(9-6-13)26-12-18(23)21-17-11-14(22(24)25)7-10-16(17)20/h5-11H,4,12H2,1-3H3,(H,21,23). The highest BCUT2D eigenvalue weighted by Gasteiger charge is 2.18. The van der Waals surface area contributed by atoms with Crippen LogP contribution in [0.2, 0.25) is 0 Å². The zero-order valence-corrected chi connectivity index (χ0v) is 14.9. The number of amides is 1. The summed E-state index contributed by atoms with van der Waals surface area (Å²) in [7, 11) is 0. The van der Waals surface area contributed by atoms with Gasteiger partial charge in [-0.2, -0.15) is 0 Å². The van der Waals surface area contributed by atoms with Gasteiger partial charge in [-0.25, -0.2) is 4.39 Å². The topological polar surface area (TPSA) is 81.5 Å². The third-order valence-electron chi connectivity index (χ3n) is 4.32. The number of hydrogen-bond donors (Lipinski definition) is 1. The number of non-ortho nitro benzene ring substituents is 1. The molecular formula is C19H21FN2O4. The van der Waals surface area contributed by atoms with E-state index in [1.54, 1.807) is 12.1 Å². The number of halogens is 1. The summed E-state index contributed by atoms with van der Waals surface area (Å²) in [6.07, 6.45) is 0.990. The normalized spacial score (nSPS) is 11.1. The fraction of sp³-hybridized carbons (Fsp3) is 0.316. The van der Waals surface area contributed by atoms with Gasteiger partial charge in [-0.15, -0.1) is 0 Å². The molecule has 0 radical (unpaired) electrons.